The van der Waals surface area contributed by atoms with Crippen molar-refractivity contribution in [2.45, 2.75) is 19.3 Å². The fourth-order valence-corrected chi connectivity index (χ4v) is 3.00. The molecule has 2 aromatic rings. The van der Waals surface area contributed by atoms with Crippen molar-refractivity contribution in [2.75, 3.05) is 24.3 Å². The van der Waals surface area contributed by atoms with E-state index in [-0.39, 0.29) is 18.7 Å². The molecule has 0 bridgehead atoms. The fourth-order valence-electron chi connectivity index (χ4n) is 3.00. The summed E-state index contributed by atoms with van der Waals surface area (Å²) in [4.78, 5) is 24.4. The quantitative estimate of drug-likeness (QED) is 0.756. The minimum Gasteiger partial charge on any atom is -0.481 e. The van der Waals surface area contributed by atoms with Crippen LogP contribution in [-0.4, -0.2) is 31.1 Å². The summed E-state index contributed by atoms with van der Waals surface area (Å²) in [5.41, 5.74) is 6.77. The van der Waals surface area contributed by atoms with Gasteiger partial charge in [0, 0.05) is 31.9 Å². The van der Waals surface area contributed by atoms with Gasteiger partial charge < -0.3 is 15.3 Å². The molecule has 5 nitrogen and oxygen atoms in total. The molecule has 0 spiro atoms. The second-order valence-corrected chi connectivity index (χ2v) is 6.23. The molecule has 5 heteroatoms. The standard InChI is InChI=1S/C19H20N2O3/c1-21(2)15-4-6-17-13(11-15)9-12-10-14(3-5-16(12)17)20-18(22)7-8-19(23)24/h3-6,10-11H,7-9H2,1-2H3,(H,20,22)(H,23,24). The van der Waals surface area contributed by atoms with Crippen LogP contribution in [0.1, 0.15) is 24.0 Å². The Kier molecular flexibility index (Phi) is 4.25. The van der Waals surface area contributed by atoms with E-state index in [0.717, 1.165) is 6.42 Å². The second kappa shape index (κ2) is 6.35. The normalized spacial score (nSPS) is 11.6. The molecule has 24 heavy (non-hydrogen) atoms. The van der Waals surface area contributed by atoms with Gasteiger partial charge in [-0.3, -0.25) is 9.59 Å². The SMILES string of the molecule is CN(C)c1ccc2c(c1)Cc1cc(NC(=O)CCC(=O)O)ccc1-2. The van der Waals surface area contributed by atoms with E-state index in [0.29, 0.717) is 5.69 Å². The number of carbonyl (C=O) groups is 2. The number of carbonyl (C=O) groups excluding carboxylic acids is 1. The Morgan fingerprint density at radius 2 is 1.71 bits per heavy atom. The molecule has 0 saturated carbocycles. The van der Waals surface area contributed by atoms with Crippen LogP contribution in [0.15, 0.2) is 36.4 Å². The number of aliphatic carboxylic acids is 1. The van der Waals surface area contributed by atoms with E-state index < -0.39 is 5.97 Å². The number of nitrogens with one attached hydrogen (secondary N) is 1. The van der Waals surface area contributed by atoms with E-state index in [1.807, 2.05) is 32.3 Å². The highest BCUT2D eigenvalue weighted by Gasteiger charge is 2.19. The molecule has 0 aromatic heterocycles. The van der Waals surface area contributed by atoms with E-state index in [4.69, 9.17) is 5.11 Å². The zero-order valence-electron chi connectivity index (χ0n) is 13.8. The Morgan fingerprint density at radius 1 is 1.04 bits per heavy atom. The monoisotopic (exact) mass is 324 g/mol. The number of rotatable bonds is 5. The van der Waals surface area contributed by atoms with E-state index in [1.165, 1.54) is 27.9 Å². The first-order valence-electron chi connectivity index (χ1n) is 7.89. The Morgan fingerprint density at radius 3 is 2.38 bits per heavy atom. The first kappa shape index (κ1) is 16.1. The van der Waals surface area contributed by atoms with Gasteiger partial charge in [-0.25, -0.2) is 0 Å². The summed E-state index contributed by atoms with van der Waals surface area (Å²) >= 11 is 0. The molecule has 0 fully saturated rings. The van der Waals surface area contributed by atoms with Crippen LogP contribution in [0.25, 0.3) is 11.1 Å². The van der Waals surface area contributed by atoms with Crippen molar-refractivity contribution in [3.05, 3.63) is 47.5 Å². The van der Waals surface area contributed by atoms with Crippen molar-refractivity contribution in [1.29, 1.82) is 0 Å². The molecule has 124 valence electrons. The smallest absolute Gasteiger partial charge is 0.303 e. The third-order valence-corrected chi connectivity index (χ3v) is 4.23. The minimum atomic E-state index is -0.966. The van der Waals surface area contributed by atoms with Crippen molar-refractivity contribution in [3.63, 3.8) is 0 Å². The van der Waals surface area contributed by atoms with Gasteiger partial charge in [0.2, 0.25) is 5.91 Å². The van der Waals surface area contributed by atoms with Crippen molar-refractivity contribution in [3.8, 4) is 11.1 Å². The summed E-state index contributed by atoms with van der Waals surface area (Å²) < 4.78 is 0. The predicted octanol–water partition coefficient (Wildman–Crippen LogP) is 3.13. The van der Waals surface area contributed by atoms with Crippen LogP contribution >= 0.6 is 0 Å². The van der Waals surface area contributed by atoms with Gasteiger partial charge >= 0.3 is 5.97 Å². The summed E-state index contributed by atoms with van der Waals surface area (Å²) in [5, 5.41) is 11.4. The number of carboxylic acid groups (broad SMARTS) is 1. The van der Waals surface area contributed by atoms with Crippen LogP contribution in [0.2, 0.25) is 0 Å². The Hall–Kier alpha value is -2.82. The van der Waals surface area contributed by atoms with E-state index in [2.05, 4.69) is 28.4 Å². The molecule has 0 saturated heterocycles. The first-order valence-corrected chi connectivity index (χ1v) is 7.89. The van der Waals surface area contributed by atoms with E-state index in [1.54, 1.807) is 0 Å². The lowest BCUT2D eigenvalue weighted by molar-refractivity contribution is -0.138. The van der Waals surface area contributed by atoms with Crippen LogP contribution in [0, 0.1) is 0 Å². The fraction of sp³-hybridized carbons (Fsp3) is 0.263. The third kappa shape index (κ3) is 3.25. The van der Waals surface area contributed by atoms with Gasteiger partial charge in [0.05, 0.1) is 6.42 Å². The molecule has 0 atom stereocenters. The molecule has 2 aromatic carbocycles. The van der Waals surface area contributed by atoms with Crippen LogP contribution in [0.3, 0.4) is 0 Å². The summed E-state index contributed by atoms with van der Waals surface area (Å²) in [7, 11) is 4.04. The summed E-state index contributed by atoms with van der Waals surface area (Å²) in [6.07, 6.45) is 0.666. The van der Waals surface area contributed by atoms with Gasteiger partial charge in [0.1, 0.15) is 0 Å². The first-order chi connectivity index (χ1) is 11.4. The van der Waals surface area contributed by atoms with Crippen LogP contribution in [0.5, 0.6) is 0 Å². The molecule has 1 amide bonds. The number of benzene rings is 2. The topological polar surface area (TPSA) is 69.6 Å². The molecule has 3 rings (SSSR count). The number of amides is 1. The maximum atomic E-state index is 11.8. The van der Waals surface area contributed by atoms with Crippen molar-refractivity contribution in [1.82, 2.24) is 0 Å². The van der Waals surface area contributed by atoms with Crippen LogP contribution < -0.4 is 10.2 Å². The molecule has 0 heterocycles. The highest BCUT2D eigenvalue weighted by Crippen LogP contribution is 2.39. The summed E-state index contributed by atoms with van der Waals surface area (Å²) in [6, 6.07) is 12.3. The molecule has 1 aliphatic rings. The largest absolute Gasteiger partial charge is 0.481 e. The van der Waals surface area contributed by atoms with Gasteiger partial charge in [-0.15, -0.1) is 0 Å². The molecule has 0 aliphatic heterocycles. The van der Waals surface area contributed by atoms with Gasteiger partial charge in [0.15, 0.2) is 0 Å². The highest BCUT2D eigenvalue weighted by molar-refractivity contribution is 5.93. The van der Waals surface area contributed by atoms with Gasteiger partial charge in [-0.2, -0.15) is 0 Å². The van der Waals surface area contributed by atoms with E-state index in [9.17, 15) is 9.59 Å². The summed E-state index contributed by atoms with van der Waals surface area (Å²) in [5.74, 6) is -1.24. The second-order valence-electron chi connectivity index (χ2n) is 6.23. The van der Waals surface area contributed by atoms with Gasteiger partial charge in [-0.05, 0) is 52.9 Å². The molecule has 0 unspecified atom stereocenters. The number of anilines is 2. The highest BCUT2D eigenvalue weighted by atomic mass is 16.4. The van der Waals surface area contributed by atoms with Crippen molar-refractivity contribution in [2.24, 2.45) is 0 Å². The molecular formula is C19H20N2O3. The minimum absolute atomic E-state index is 0.0150. The lowest BCUT2D eigenvalue weighted by Crippen LogP contribution is -2.13. The molecular weight excluding hydrogens is 304 g/mol. The number of hydrogen-bond donors (Lipinski definition) is 2. The number of hydrogen-bond acceptors (Lipinski definition) is 3. The van der Waals surface area contributed by atoms with Gasteiger partial charge in [0.25, 0.3) is 0 Å². The lowest BCUT2D eigenvalue weighted by atomic mass is 10.0. The zero-order chi connectivity index (χ0) is 17.3. The van der Waals surface area contributed by atoms with E-state index >= 15 is 0 Å². The average molecular weight is 324 g/mol. The van der Waals surface area contributed by atoms with Crippen LogP contribution in [0.4, 0.5) is 11.4 Å². The maximum Gasteiger partial charge on any atom is 0.303 e. The Labute approximate surface area is 140 Å². The Balaban J connectivity index is 1.77. The lowest BCUT2D eigenvalue weighted by Gasteiger charge is -2.13. The zero-order valence-corrected chi connectivity index (χ0v) is 13.8. The Bertz CT molecular complexity index is 812. The van der Waals surface area contributed by atoms with Crippen molar-refractivity contribution >= 4 is 23.3 Å². The molecule has 1 aliphatic carbocycles. The third-order valence-electron chi connectivity index (χ3n) is 4.23. The number of fused-ring (bicyclic) bond motifs is 3. The molecule has 0 radical (unpaired) electrons. The molecule has 2 N–H and O–H groups in total. The average Bonchev–Trinajstić information content (AvgIpc) is 2.89. The number of carboxylic acids is 1. The van der Waals surface area contributed by atoms with Gasteiger partial charge in [-0.1, -0.05) is 12.1 Å². The number of nitrogens with zero attached hydrogens (tertiary/aromatic N) is 1. The van der Waals surface area contributed by atoms with Crippen LogP contribution in [-0.2, 0) is 16.0 Å². The summed E-state index contributed by atoms with van der Waals surface area (Å²) in [6.45, 7) is 0. The maximum absolute atomic E-state index is 11.8. The predicted molar refractivity (Wildman–Crippen MR) is 94.5 cm³/mol. The van der Waals surface area contributed by atoms with Crippen molar-refractivity contribution < 1.29 is 14.7 Å².